The predicted octanol–water partition coefficient (Wildman–Crippen LogP) is 4.94. The molecule has 0 radical (unpaired) electrons. The van der Waals surface area contributed by atoms with E-state index in [1.807, 2.05) is 6.07 Å². The topological polar surface area (TPSA) is 12.1 Å². The molecular weight excluding hydrogens is 330 g/mol. The van der Waals surface area contributed by atoms with Crippen molar-refractivity contribution in [3.63, 3.8) is 0 Å². The molecule has 3 nitrogen and oxygen atoms in total. The number of benzene rings is 4. The first kappa shape index (κ1) is 14.6. The largest absolute Gasteiger partial charge is 0.351 e. The van der Waals surface area contributed by atoms with Crippen molar-refractivity contribution in [3.8, 4) is 11.4 Å². The van der Waals surface area contributed by atoms with E-state index in [9.17, 15) is 0 Å². The molecule has 2 heterocycles. The molecule has 27 heavy (non-hydrogen) atoms. The van der Waals surface area contributed by atoms with Crippen molar-refractivity contribution >= 4 is 33.2 Å². The molecule has 0 amide bonds. The van der Waals surface area contributed by atoms with Crippen molar-refractivity contribution in [2.24, 2.45) is 0 Å². The van der Waals surface area contributed by atoms with Gasteiger partial charge in [0.25, 0.3) is 6.33 Å². The second kappa shape index (κ2) is 5.21. The Morgan fingerprint density at radius 1 is 0.741 bits per heavy atom. The van der Waals surface area contributed by atoms with Crippen LogP contribution in [0.1, 0.15) is 0 Å². The van der Waals surface area contributed by atoms with Gasteiger partial charge in [0.2, 0.25) is 0 Å². The van der Waals surface area contributed by atoms with Crippen LogP contribution in [0.5, 0.6) is 0 Å². The lowest BCUT2D eigenvalue weighted by molar-refractivity contribution is -0.572. The molecule has 1 aliphatic heterocycles. The molecule has 1 aromatic heterocycles. The zero-order valence-electron chi connectivity index (χ0n) is 14.9. The minimum absolute atomic E-state index is 1.12. The molecule has 4 aromatic carbocycles. The van der Waals surface area contributed by atoms with Gasteiger partial charge in [-0.15, -0.1) is 0 Å². The van der Waals surface area contributed by atoms with Crippen molar-refractivity contribution in [2.75, 3.05) is 11.9 Å². The third kappa shape index (κ3) is 1.94. The third-order valence-electron chi connectivity index (χ3n) is 5.48. The fraction of sp³-hybridized carbons (Fsp3) is 0.0417. The first-order valence-electron chi connectivity index (χ1n) is 9.12. The molecular formula is C24H17N3. The van der Waals surface area contributed by atoms with Crippen LogP contribution in [0.2, 0.25) is 0 Å². The molecule has 0 fully saturated rings. The van der Waals surface area contributed by atoms with E-state index in [0.717, 1.165) is 16.9 Å². The van der Waals surface area contributed by atoms with Crippen LogP contribution >= 0.6 is 0 Å². The number of anilines is 2. The highest BCUT2D eigenvalue weighted by Gasteiger charge is 2.25. The van der Waals surface area contributed by atoms with Crippen LogP contribution in [0.15, 0.2) is 84.9 Å². The van der Waals surface area contributed by atoms with Gasteiger partial charge in [0.05, 0.1) is 22.6 Å². The van der Waals surface area contributed by atoms with E-state index in [2.05, 4.69) is 106 Å². The van der Waals surface area contributed by atoms with Crippen molar-refractivity contribution < 1.29 is 4.57 Å². The lowest BCUT2D eigenvalue weighted by Crippen LogP contribution is -2.36. The first-order valence-corrected chi connectivity index (χ1v) is 9.12. The lowest BCUT2D eigenvalue weighted by atomic mass is 10.1. The fourth-order valence-corrected chi connectivity index (χ4v) is 4.15. The average Bonchev–Trinajstić information content (AvgIpc) is 3.12. The lowest BCUT2D eigenvalue weighted by Gasteiger charge is -2.29. The molecule has 6 rings (SSSR count). The van der Waals surface area contributed by atoms with Gasteiger partial charge in [0.15, 0.2) is 0 Å². The van der Waals surface area contributed by atoms with Crippen LogP contribution in [0.25, 0.3) is 33.2 Å². The average molecular weight is 347 g/mol. The summed E-state index contributed by atoms with van der Waals surface area (Å²) in [5, 5.41) is 2.49. The van der Waals surface area contributed by atoms with Gasteiger partial charge < -0.3 is 4.90 Å². The van der Waals surface area contributed by atoms with Gasteiger partial charge in [-0.1, -0.05) is 54.6 Å². The minimum Gasteiger partial charge on any atom is -0.351 e. The quantitative estimate of drug-likeness (QED) is 0.309. The van der Waals surface area contributed by atoms with Crippen LogP contribution in [0, 0.1) is 6.33 Å². The molecule has 0 saturated carbocycles. The highest BCUT2D eigenvalue weighted by atomic mass is 15.2. The van der Waals surface area contributed by atoms with Gasteiger partial charge in [-0.05, 0) is 41.1 Å². The summed E-state index contributed by atoms with van der Waals surface area (Å²) in [5.74, 6) is 0. The maximum absolute atomic E-state index is 3.60. The SMILES string of the molecule is CN1c2cc3ccccc3cc2-[n+]2[c-]n(-c3ccccc3)c3cccc1c32. The number of imidazole rings is 1. The third-order valence-corrected chi connectivity index (χ3v) is 5.48. The fourth-order valence-electron chi connectivity index (χ4n) is 4.15. The maximum Gasteiger partial charge on any atom is 0.269 e. The summed E-state index contributed by atoms with van der Waals surface area (Å²) in [4.78, 5) is 2.28. The molecule has 0 N–H and O–H groups in total. The zero-order chi connectivity index (χ0) is 18.0. The van der Waals surface area contributed by atoms with Crippen molar-refractivity contribution in [1.29, 1.82) is 0 Å². The van der Waals surface area contributed by atoms with E-state index < -0.39 is 0 Å². The first-order chi connectivity index (χ1) is 13.3. The van der Waals surface area contributed by atoms with Gasteiger partial charge in [-0.3, -0.25) is 9.13 Å². The monoisotopic (exact) mass is 347 g/mol. The highest BCUT2D eigenvalue weighted by Crippen LogP contribution is 2.39. The van der Waals surface area contributed by atoms with Gasteiger partial charge in [-0.2, -0.15) is 0 Å². The molecule has 0 bridgehead atoms. The van der Waals surface area contributed by atoms with E-state index in [0.29, 0.717) is 0 Å². The van der Waals surface area contributed by atoms with E-state index in [4.69, 9.17) is 0 Å². The highest BCUT2D eigenvalue weighted by molar-refractivity contribution is 5.97. The molecule has 5 aromatic rings. The molecule has 0 saturated heterocycles. The summed E-state index contributed by atoms with van der Waals surface area (Å²) in [7, 11) is 2.14. The summed E-state index contributed by atoms with van der Waals surface area (Å²) in [6, 6.07) is 29.9. The number of para-hydroxylation sites is 2. The number of fused-ring (bicyclic) bond motifs is 3. The van der Waals surface area contributed by atoms with Crippen LogP contribution in [0.4, 0.5) is 11.4 Å². The smallest absolute Gasteiger partial charge is 0.269 e. The van der Waals surface area contributed by atoms with Crippen LogP contribution in [-0.4, -0.2) is 11.6 Å². The molecule has 0 spiro atoms. The van der Waals surface area contributed by atoms with Crippen molar-refractivity contribution in [1.82, 2.24) is 4.57 Å². The second-order valence-electron chi connectivity index (χ2n) is 7.00. The number of aromatic nitrogens is 2. The summed E-state index contributed by atoms with van der Waals surface area (Å²) in [5.41, 5.74) is 7.01. The van der Waals surface area contributed by atoms with E-state index in [-0.39, 0.29) is 0 Å². The Morgan fingerprint density at radius 3 is 2.30 bits per heavy atom. The van der Waals surface area contributed by atoms with Crippen LogP contribution in [-0.2, 0) is 0 Å². The van der Waals surface area contributed by atoms with Crippen molar-refractivity contribution in [3.05, 3.63) is 91.3 Å². The molecule has 0 unspecified atom stereocenters. The Labute approximate surface area is 157 Å². The van der Waals surface area contributed by atoms with E-state index in [1.165, 1.54) is 27.7 Å². The Bertz CT molecular complexity index is 1330. The molecule has 128 valence electrons. The maximum atomic E-state index is 3.60. The standard InChI is InChI=1S/C24H17N3/c1-25-20-12-7-13-21-24(20)27(16-26(21)19-10-3-2-4-11-19)23-15-18-9-6-5-8-17(18)14-22(23)25/h2-15H,1H3. The second-order valence-corrected chi connectivity index (χ2v) is 7.00. The normalized spacial score (nSPS) is 12.6. The van der Waals surface area contributed by atoms with Gasteiger partial charge >= 0.3 is 0 Å². The van der Waals surface area contributed by atoms with Gasteiger partial charge in [0.1, 0.15) is 5.52 Å². The summed E-state index contributed by atoms with van der Waals surface area (Å²) in [6.45, 7) is 0. The number of hydrogen-bond acceptors (Lipinski definition) is 1. The summed E-state index contributed by atoms with van der Waals surface area (Å²) in [6.07, 6.45) is 3.60. The number of nitrogens with zero attached hydrogens (tertiary/aromatic N) is 3. The van der Waals surface area contributed by atoms with Crippen molar-refractivity contribution in [2.45, 2.75) is 0 Å². The Balaban J connectivity index is 1.74. The zero-order valence-corrected chi connectivity index (χ0v) is 14.9. The number of hydrogen-bond donors (Lipinski definition) is 0. The summed E-state index contributed by atoms with van der Waals surface area (Å²) >= 11 is 0. The number of rotatable bonds is 1. The van der Waals surface area contributed by atoms with Crippen LogP contribution < -0.4 is 9.47 Å². The van der Waals surface area contributed by atoms with E-state index >= 15 is 0 Å². The van der Waals surface area contributed by atoms with Gasteiger partial charge in [0, 0.05) is 12.7 Å². The Hall–Kier alpha value is -3.59. The molecule has 3 heteroatoms. The predicted molar refractivity (Wildman–Crippen MR) is 109 cm³/mol. The molecule has 1 aliphatic rings. The Morgan fingerprint density at radius 2 is 1.48 bits per heavy atom. The van der Waals surface area contributed by atoms with Crippen LogP contribution in [0.3, 0.4) is 0 Å². The molecule has 0 atom stereocenters. The summed E-state index contributed by atoms with van der Waals surface area (Å²) < 4.78 is 4.36. The van der Waals surface area contributed by atoms with Gasteiger partial charge in [-0.25, -0.2) is 0 Å². The molecule has 0 aliphatic carbocycles. The minimum atomic E-state index is 1.12. The Kier molecular flexibility index (Phi) is 2.81. The van der Waals surface area contributed by atoms with E-state index in [1.54, 1.807) is 0 Å².